The Morgan fingerprint density at radius 2 is 2.14 bits per heavy atom. The first-order valence-corrected chi connectivity index (χ1v) is 7.02. The predicted molar refractivity (Wildman–Crippen MR) is 78.9 cm³/mol. The van der Waals surface area contributed by atoms with E-state index in [1.54, 1.807) is 0 Å². The molecule has 0 fully saturated rings. The molecule has 6 heteroatoms. The number of imidazole rings is 1. The Labute approximate surface area is 123 Å². The van der Waals surface area contributed by atoms with Crippen molar-refractivity contribution in [1.29, 1.82) is 0 Å². The molecule has 110 valence electrons. The smallest absolute Gasteiger partial charge is 0.157 e. The highest BCUT2D eigenvalue weighted by molar-refractivity contribution is 5.60. The van der Waals surface area contributed by atoms with Crippen LogP contribution in [0, 0.1) is 6.92 Å². The predicted octanol–water partition coefficient (Wildman–Crippen LogP) is 2.75. The van der Waals surface area contributed by atoms with Gasteiger partial charge in [0, 0.05) is 42.7 Å². The van der Waals surface area contributed by atoms with E-state index in [-0.39, 0.29) is 0 Å². The van der Waals surface area contributed by atoms with Gasteiger partial charge >= 0.3 is 0 Å². The van der Waals surface area contributed by atoms with E-state index in [0.29, 0.717) is 12.5 Å². The zero-order chi connectivity index (χ0) is 15.0. The second kappa shape index (κ2) is 5.20. The van der Waals surface area contributed by atoms with Gasteiger partial charge in [-0.25, -0.2) is 4.98 Å². The fraction of sp³-hybridized carbons (Fsp3) is 0.400. The van der Waals surface area contributed by atoms with Gasteiger partial charge in [-0.2, -0.15) is 5.10 Å². The second-order valence-corrected chi connectivity index (χ2v) is 5.51. The molecule has 0 radical (unpaired) electrons. The summed E-state index contributed by atoms with van der Waals surface area (Å²) in [6, 6.07) is 1.97. The third-order valence-corrected chi connectivity index (χ3v) is 3.66. The third kappa shape index (κ3) is 2.49. The molecule has 0 spiro atoms. The minimum Gasteiger partial charge on any atom is -0.359 e. The average molecular weight is 285 g/mol. The zero-order valence-corrected chi connectivity index (χ0v) is 12.7. The van der Waals surface area contributed by atoms with E-state index in [1.165, 1.54) is 0 Å². The van der Waals surface area contributed by atoms with Crippen molar-refractivity contribution in [2.75, 3.05) is 0 Å². The fourth-order valence-electron chi connectivity index (χ4n) is 2.39. The Kier molecular flexibility index (Phi) is 3.37. The third-order valence-electron chi connectivity index (χ3n) is 3.66. The number of aryl methyl sites for hydroxylation is 1. The van der Waals surface area contributed by atoms with Gasteiger partial charge in [-0.3, -0.25) is 4.68 Å². The maximum Gasteiger partial charge on any atom is 0.157 e. The highest BCUT2D eigenvalue weighted by Gasteiger charge is 2.14. The lowest BCUT2D eigenvalue weighted by atomic mass is 10.2. The normalized spacial score (nSPS) is 11.5. The number of aromatic nitrogens is 5. The number of hydrogen-bond acceptors (Lipinski definition) is 4. The van der Waals surface area contributed by atoms with Gasteiger partial charge in [-0.05, 0) is 6.92 Å². The average Bonchev–Trinajstić information content (AvgIpc) is 3.14. The highest BCUT2D eigenvalue weighted by Crippen LogP contribution is 2.23. The highest BCUT2D eigenvalue weighted by atomic mass is 16.5. The zero-order valence-electron chi connectivity index (χ0n) is 12.7. The SMILES string of the molecule is Cc1c(-c2cc(Cn3ccnc3C(C)C)on2)cnn1C. The molecule has 3 heterocycles. The fourth-order valence-corrected chi connectivity index (χ4v) is 2.39. The van der Waals surface area contributed by atoms with Crippen LogP contribution in [0.3, 0.4) is 0 Å². The topological polar surface area (TPSA) is 61.7 Å². The van der Waals surface area contributed by atoms with Gasteiger partial charge in [-0.15, -0.1) is 0 Å². The van der Waals surface area contributed by atoms with Crippen molar-refractivity contribution in [2.45, 2.75) is 33.2 Å². The molecule has 0 aliphatic rings. The van der Waals surface area contributed by atoms with Crippen LogP contribution in [-0.4, -0.2) is 24.5 Å². The lowest BCUT2D eigenvalue weighted by molar-refractivity contribution is 0.376. The summed E-state index contributed by atoms with van der Waals surface area (Å²) in [5, 5.41) is 8.39. The molecule has 0 saturated heterocycles. The van der Waals surface area contributed by atoms with Crippen LogP contribution < -0.4 is 0 Å². The first kappa shape index (κ1) is 13.6. The maximum atomic E-state index is 5.46. The molecule has 0 aromatic carbocycles. The van der Waals surface area contributed by atoms with Gasteiger partial charge in [0.05, 0.1) is 12.7 Å². The van der Waals surface area contributed by atoms with Crippen molar-refractivity contribution in [3.8, 4) is 11.3 Å². The Hall–Kier alpha value is -2.37. The molecular formula is C15H19N5O. The Morgan fingerprint density at radius 1 is 1.33 bits per heavy atom. The second-order valence-electron chi connectivity index (χ2n) is 5.51. The van der Waals surface area contributed by atoms with Crippen molar-refractivity contribution < 1.29 is 4.52 Å². The molecule has 0 saturated carbocycles. The number of rotatable bonds is 4. The molecule has 0 atom stereocenters. The van der Waals surface area contributed by atoms with Crippen molar-refractivity contribution in [3.05, 3.63) is 41.9 Å². The molecule has 0 amide bonds. The van der Waals surface area contributed by atoms with E-state index in [2.05, 4.69) is 33.7 Å². The van der Waals surface area contributed by atoms with E-state index in [4.69, 9.17) is 4.52 Å². The number of nitrogens with zero attached hydrogens (tertiary/aromatic N) is 5. The van der Waals surface area contributed by atoms with E-state index >= 15 is 0 Å². The van der Waals surface area contributed by atoms with Crippen molar-refractivity contribution >= 4 is 0 Å². The van der Waals surface area contributed by atoms with Gasteiger partial charge in [0.25, 0.3) is 0 Å². The van der Waals surface area contributed by atoms with Crippen LogP contribution in [0.25, 0.3) is 11.3 Å². The summed E-state index contributed by atoms with van der Waals surface area (Å²) in [5.74, 6) is 2.24. The van der Waals surface area contributed by atoms with Crippen molar-refractivity contribution in [2.24, 2.45) is 7.05 Å². The summed E-state index contributed by atoms with van der Waals surface area (Å²) < 4.78 is 9.37. The Bertz CT molecular complexity index is 750. The minimum atomic E-state index is 0.378. The number of hydrogen-bond donors (Lipinski definition) is 0. The van der Waals surface area contributed by atoms with E-state index in [1.807, 2.05) is 43.3 Å². The molecule has 0 bridgehead atoms. The monoisotopic (exact) mass is 285 g/mol. The standard InChI is InChI=1S/C15H19N5O/c1-10(2)15-16-5-6-20(15)9-12-7-14(18-21-12)13-8-17-19(4)11(13)3/h5-8,10H,9H2,1-4H3. The lowest BCUT2D eigenvalue weighted by Gasteiger charge is -2.07. The van der Waals surface area contributed by atoms with Crippen molar-refractivity contribution in [3.63, 3.8) is 0 Å². The molecule has 3 rings (SSSR count). The first-order valence-electron chi connectivity index (χ1n) is 7.02. The molecule has 3 aromatic heterocycles. The van der Waals surface area contributed by atoms with Crippen LogP contribution in [0.15, 0.2) is 29.2 Å². The summed E-state index contributed by atoms with van der Waals surface area (Å²) in [6.07, 6.45) is 5.60. The van der Waals surface area contributed by atoms with Crippen LogP contribution in [0.5, 0.6) is 0 Å². The molecule has 0 aliphatic carbocycles. The maximum absolute atomic E-state index is 5.46. The van der Waals surface area contributed by atoms with E-state index < -0.39 is 0 Å². The van der Waals surface area contributed by atoms with Crippen LogP contribution in [0.1, 0.15) is 37.0 Å². The van der Waals surface area contributed by atoms with Crippen LogP contribution >= 0.6 is 0 Å². The van der Waals surface area contributed by atoms with Gasteiger partial charge in [0.1, 0.15) is 11.5 Å². The largest absolute Gasteiger partial charge is 0.359 e. The van der Waals surface area contributed by atoms with Gasteiger partial charge in [-0.1, -0.05) is 19.0 Å². The molecule has 0 N–H and O–H groups in total. The van der Waals surface area contributed by atoms with Gasteiger partial charge < -0.3 is 9.09 Å². The van der Waals surface area contributed by atoms with Crippen LogP contribution in [0.4, 0.5) is 0 Å². The summed E-state index contributed by atoms with van der Waals surface area (Å²) in [5.41, 5.74) is 2.89. The summed E-state index contributed by atoms with van der Waals surface area (Å²) in [6.45, 7) is 6.91. The molecule has 21 heavy (non-hydrogen) atoms. The summed E-state index contributed by atoms with van der Waals surface area (Å²) >= 11 is 0. The van der Waals surface area contributed by atoms with Gasteiger partial charge in [0.2, 0.25) is 0 Å². The van der Waals surface area contributed by atoms with E-state index in [0.717, 1.165) is 28.5 Å². The van der Waals surface area contributed by atoms with Crippen molar-refractivity contribution in [1.82, 2.24) is 24.5 Å². The lowest BCUT2D eigenvalue weighted by Crippen LogP contribution is -2.05. The molecule has 0 unspecified atom stereocenters. The van der Waals surface area contributed by atoms with E-state index in [9.17, 15) is 0 Å². The molecule has 0 aliphatic heterocycles. The first-order chi connectivity index (χ1) is 10.1. The van der Waals surface area contributed by atoms with Crippen LogP contribution in [0.2, 0.25) is 0 Å². The molecule has 6 nitrogen and oxygen atoms in total. The minimum absolute atomic E-state index is 0.378. The molecule has 3 aromatic rings. The summed E-state index contributed by atoms with van der Waals surface area (Å²) in [7, 11) is 1.92. The Balaban J connectivity index is 1.85. The quantitative estimate of drug-likeness (QED) is 0.739. The Morgan fingerprint density at radius 3 is 2.81 bits per heavy atom. The van der Waals surface area contributed by atoms with Gasteiger partial charge in [0.15, 0.2) is 5.76 Å². The molecular weight excluding hydrogens is 266 g/mol. The van der Waals surface area contributed by atoms with Crippen LogP contribution in [-0.2, 0) is 13.6 Å². The summed E-state index contributed by atoms with van der Waals surface area (Å²) in [4.78, 5) is 4.38.